The van der Waals surface area contributed by atoms with Crippen LogP contribution in [0.4, 0.5) is 5.69 Å². The molecule has 1 aromatic heterocycles. The second-order valence-corrected chi connectivity index (χ2v) is 8.28. The van der Waals surface area contributed by atoms with Gasteiger partial charge < -0.3 is 5.32 Å². The Morgan fingerprint density at radius 1 is 1.19 bits per heavy atom. The lowest BCUT2D eigenvalue weighted by molar-refractivity contribution is 0.101. The lowest BCUT2D eigenvalue weighted by atomic mass is 10.1. The second kappa shape index (κ2) is 8.71. The lowest BCUT2D eigenvalue weighted by Gasteiger charge is -2.12. The molecular weight excluding hydrogens is 424 g/mol. The Balaban J connectivity index is 2.00. The van der Waals surface area contributed by atoms with Crippen LogP contribution in [-0.4, -0.2) is 26.7 Å². The number of rotatable bonds is 6. The summed E-state index contributed by atoms with van der Waals surface area (Å²) in [4.78, 5) is 13.2. The number of carbonyl (C=O) groups is 1. The number of nitrogens with one attached hydrogen (secondary N) is 1. The van der Waals surface area contributed by atoms with E-state index in [2.05, 4.69) is 38.5 Å². The second-order valence-electron chi connectivity index (χ2n) is 6.12. The first-order valence-electron chi connectivity index (χ1n) is 8.66. The van der Waals surface area contributed by atoms with Crippen LogP contribution in [0, 0.1) is 13.8 Å². The summed E-state index contributed by atoms with van der Waals surface area (Å²) < 4.78 is 2.65. The van der Waals surface area contributed by atoms with E-state index in [9.17, 15) is 4.79 Å². The molecule has 0 atom stereocenters. The quantitative estimate of drug-likeness (QED) is 0.560. The van der Waals surface area contributed by atoms with Gasteiger partial charge in [-0.15, -0.1) is 16.9 Å². The highest BCUT2D eigenvalue weighted by Crippen LogP contribution is 2.26. The van der Waals surface area contributed by atoms with E-state index in [1.165, 1.54) is 0 Å². The van der Waals surface area contributed by atoms with E-state index in [1.807, 2.05) is 56.3 Å². The first kappa shape index (κ1) is 19.6. The normalized spacial score (nSPS) is 10.8. The third-order valence-corrected chi connectivity index (χ3v) is 5.70. The van der Waals surface area contributed by atoms with Gasteiger partial charge in [-0.3, -0.25) is 4.79 Å². The molecule has 0 aliphatic carbocycles. The fourth-order valence-corrected chi connectivity index (χ4v) is 3.48. The predicted octanol–water partition coefficient (Wildman–Crippen LogP) is 5.29. The minimum Gasteiger partial charge on any atom is -0.320 e. The zero-order valence-corrected chi connectivity index (χ0v) is 17.9. The molecule has 0 bridgehead atoms. The van der Waals surface area contributed by atoms with Gasteiger partial charge in [0.1, 0.15) is 5.69 Å². The molecular formula is C20H21BrN4OS. The van der Waals surface area contributed by atoms with Crippen LogP contribution in [0.25, 0.3) is 11.3 Å². The average molecular weight is 445 g/mol. The van der Waals surface area contributed by atoms with Crippen molar-refractivity contribution < 1.29 is 4.79 Å². The van der Waals surface area contributed by atoms with E-state index in [1.54, 1.807) is 16.4 Å². The fraction of sp³-hybridized carbons (Fsp3) is 0.250. The van der Waals surface area contributed by atoms with E-state index in [0.717, 1.165) is 32.6 Å². The monoisotopic (exact) mass is 444 g/mol. The molecule has 7 heteroatoms. The first-order chi connectivity index (χ1) is 13.0. The number of aryl methyl sites for hydroxylation is 1. The van der Waals surface area contributed by atoms with Crippen molar-refractivity contribution in [2.24, 2.45) is 0 Å². The Bertz CT molecular complexity index is 953. The van der Waals surface area contributed by atoms with Crippen LogP contribution >= 0.6 is 27.7 Å². The molecule has 3 aromatic rings. The van der Waals surface area contributed by atoms with E-state index in [0.29, 0.717) is 17.3 Å². The van der Waals surface area contributed by atoms with Crippen molar-refractivity contribution >= 4 is 39.3 Å². The molecule has 0 aliphatic heterocycles. The number of thioether (sulfide) groups is 1. The molecule has 2 aromatic carbocycles. The Hall–Kier alpha value is -2.12. The van der Waals surface area contributed by atoms with E-state index in [4.69, 9.17) is 0 Å². The molecule has 1 amide bonds. The molecule has 27 heavy (non-hydrogen) atoms. The standard InChI is InChI=1S/C20H21BrN4OS/c1-4-27-12-25-19(18(23-24-25)15-8-10-16(21)11-9-15)20(26)22-17-7-5-6-13(2)14(17)3/h5-11H,4,12H2,1-3H3,(H,22,26). The summed E-state index contributed by atoms with van der Waals surface area (Å²) >= 11 is 5.13. The third kappa shape index (κ3) is 4.42. The van der Waals surface area contributed by atoms with Crippen molar-refractivity contribution in [3.63, 3.8) is 0 Å². The van der Waals surface area contributed by atoms with Crippen LogP contribution in [-0.2, 0) is 5.88 Å². The minimum atomic E-state index is -0.205. The van der Waals surface area contributed by atoms with Gasteiger partial charge >= 0.3 is 0 Å². The number of nitrogens with zero attached hydrogens (tertiary/aromatic N) is 3. The van der Waals surface area contributed by atoms with E-state index >= 15 is 0 Å². The molecule has 0 fully saturated rings. The van der Waals surface area contributed by atoms with Crippen molar-refractivity contribution in [3.05, 3.63) is 63.8 Å². The zero-order valence-electron chi connectivity index (χ0n) is 15.5. The summed E-state index contributed by atoms with van der Waals surface area (Å²) in [7, 11) is 0. The van der Waals surface area contributed by atoms with Crippen LogP contribution in [0.2, 0.25) is 0 Å². The van der Waals surface area contributed by atoms with Gasteiger partial charge in [-0.1, -0.05) is 52.3 Å². The van der Waals surface area contributed by atoms with Gasteiger partial charge in [0.05, 0.1) is 5.88 Å². The molecule has 1 N–H and O–H groups in total. The molecule has 0 unspecified atom stereocenters. The highest BCUT2D eigenvalue weighted by Gasteiger charge is 2.22. The maximum absolute atomic E-state index is 13.2. The molecule has 0 aliphatic rings. The van der Waals surface area contributed by atoms with Gasteiger partial charge in [-0.25, -0.2) is 4.68 Å². The predicted molar refractivity (Wildman–Crippen MR) is 115 cm³/mol. The Morgan fingerprint density at radius 3 is 2.63 bits per heavy atom. The fourth-order valence-electron chi connectivity index (χ4n) is 2.68. The van der Waals surface area contributed by atoms with Crippen LogP contribution in [0.15, 0.2) is 46.9 Å². The maximum atomic E-state index is 13.2. The van der Waals surface area contributed by atoms with Crippen LogP contribution in [0.5, 0.6) is 0 Å². The van der Waals surface area contributed by atoms with Gasteiger partial charge in [0.25, 0.3) is 5.91 Å². The van der Waals surface area contributed by atoms with Crippen LogP contribution in [0.3, 0.4) is 0 Å². The van der Waals surface area contributed by atoms with E-state index < -0.39 is 0 Å². The number of amides is 1. The number of halogens is 1. The summed E-state index contributed by atoms with van der Waals surface area (Å²) in [6.45, 7) is 6.11. The minimum absolute atomic E-state index is 0.205. The van der Waals surface area contributed by atoms with Gasteiger partial charge in [-0.2, -0.15) is 0 Å². The first-order valence-corrected chi connectivity index (χ1v) is 10.6. The van der Waals surface area contributed by atoms with Gasteiger partial charge in [-0.05, 0) is 48.9 Å². The summed E-state index contributed by atoms with van der Waals surface area (Å²) in [6, 6.07) is 13.6. The number of hydrogen-bond donors (Lipinski definition) is 1. The SMILES string of the molecule is CCSCn1nnc(-c2ccc(Br)cc2)c1C(=O)Nc1cccc(C)c1C. The molecule has 5 nitrogen and oxygen atoms in total. The van der Waals surface area contributed by atoms with Crippen molar-refractivity contribution in [1.82, 2.24) is 15.0 Å². The lowest BCUT2D eigenvalue weighted by Crippen LogP contribution is -2.19. The highest BCUT2D eigenvalue weighted by atomic mass is 79.9. The van der Waals surface area contributed by atoms with Gasteiger partial charge in [0.15, 0.2) is 5.69 Å². The number of carbonyl (C=O) groups excluding carboxylic acids is 1. The molecule has 0 spiro atoms. The number of anilines is 1. The van der Waals surface area contributed by atoms with E-state index in [-0.39, 0.29) is 5.91 Å². The Labute approximate surface area is 171 Å². The molecule has 0 saturated carbocycles. The van der Waals surface area contributed by atoms with Crippen molar-refractivity contribution in [3.8, 4) is 11.3 Å². The summed E-state index contributed by atoms with van der Waals surface area (Å²) in [5, 5.41) is 11.6. The van der Waals surface area contributed by atoms with Crippen LogP contribution in [0.1, 0.15) is 28.5 Å². The van der Waals surface area contributed by atoms with Crippen molar-refractivity contribution in [2.45, 2.75) is 26.6 Å². The van der Waals surface area contributed by atoms with Crippen molar-refractivity contribution in [1.29, 1.82) is 0 Å². The summed E-state index contributed by atoms with van der Waals surface area (Å²) in [6.07, 6.45) is 0. The molecule has 0 radical (unpaired) electrons. The number of hydrogen-bond acceptors (Lipinski definition) is 4. The molecule has 3 rings (SSSR count). The average Bonchev–Trinajstić information content (AvgIpc) is 3.08. The summed E-state index contributed by atoms with van der Waals surface area (Å²) in [5.41, 5.74) is 4.91. The molecule has 1 heterocycles. The number of benzene rings is 2. The third-order valence-electron chi connectivity index (χ3n) is 4.34. The maximum Gasteiger partial charge on any atom is 0.276 e. The topological polar surface area (TPSA) is 59.8 Å². The van der Waals surface area contributed by atoms with Crippen molar-refractivity contribution in [2.75, 3.05) is 11.1 Å². The Kier molecular flexibility index (Phi) is 6.34. The highest BCUT2D eigenvalue weighted by molar-refractivity contribution is 9.10. The van der Waals surface area contributed by atoms with Gasteiger partial charge in [0.2, 0.25) is 0 Å². The molecule has 0 saturated heterocycles. The smallest absolute Gasteiger partial charge is 0.276 e. The summed E-state index contributed by atoms with van der Waals surface area (Å²) in [5.74, 6) is 1.31. The van der Waals surface area contributed by atoms with Gasteiger partial charge in [0, 0.05) is 15.7 Å². The largest absolute Gasteiger partial charge is 0.320 e. The van der Waals surface area contributed by atoms with Crippen LogP contribution < -0.4 is 5.32 Å². The number of aromatic nitrogens is 3. The molecule has 140 valence electrons. The Morgan fingerprint density at radius 2 is 1.93 bits per heavy atom. The zero-order chi connectivity index (χ0) is 19.4.